The van der Waals surface area contributed by atoms with E-state index in [-0.39, 0.29) is 24.9 Å². The summed E-state index contributed by atoms with van der Waals surface area (Å²) in [7, 11) is 2.27. The number of rotatable bonds is 73. The number of benzene rings is 3. The van der Waals surface area contributed by atoms with Crippen molar-refractivity contribution in [1.82, 2.24) is 25.1 Å². The highest BCUT2D eigenvalue weighted by atomic mass is 32.2. The third kappa shape index (κ3) is 81.5. The smallest absolute Gasteiger partial charge is 0.186 e. The number of hydrogen-bond donors (Lipinski definition) is 8. The van der Waals surface area contributed by atoms with Crippen molar-refractivity contribution in [2.24, 2.45) is 0 Å². The molecule has 4 heterocycles. The van der Waals surface area contributed by atoms with Gasteiger partial charge >= 0.3 is 0 Å². The average molecular weight is 2170 g/mol. The minimum absolute atomic E-state index is 0.259. The number of nitrogens with one attached hydrogen (secondary N) is 1. The Hall–Kier alpha value is -2.86. The molecular formula is C106H201N5O23S2Si7. The molecule has 143 heavy (non-hydrogen) atoms. The summed E-state index contributed by atoms with van der Waals surface area (Å²) in [4.78, 5) is 13.1. The fraction of sp³-hybridized carbons (Fsp3) is 0.736. The van der Waals surface area contributed by atoms with E-state index in [0.29, 0.717) is 129 Å². The fourth-order valence-electron chi connectivity index (χ4n) is 14.2. The predicted molar refractivity (Wildman–Crippen MR) is 607 cm³/mol. The largest absolute Gasteiger partial charge is 0.420 e. The molecule has 828 valence electrons. The topological polar surface area (TPSA) is 334 Å². The maximum Gasteiger partial charge on any atom is 0.186 e. The summed E-state index contributed by atoms with van der Waals surface area (Å²) in [5, 5.41) is 72.2. The number of ether oxygens (including phenoxy) is 9. The Morgan fingerprint density at radius 2 is 0.587 bits per heavy atom. The van der Waals surface area contributed by atoms with Crippen molar-refractivity contribution in [2.45, 2.75) is 305 Å². The molecule has 8 N–H and O–H groups in total. The van der Waals surface area contributed by atoms with Crippen molar-refractivity contribution < 1.29 is 109 Å². The van der Waals surface area contributed by atoms with Gasteiger partial charge in [0.15, 0.2) is 58.2 Å². The van der Waals surface area contributed by atoms with E-state index >= 15 is 0 Å². The first kappa shape index (κ1) is 138. The van der Waals surface area contributed by atoms with Crippen molar-refractivity contribution in [3.63, 3.8) is 0 Å². The first-order chi connectivity index (χ1) is 68.1. The third-order valence-corrected chi connectivity index (χ3v) is 45.7. The Labute approximate surface area is 882 Å². The number of aromatic nitrogens is 2. The van der Waals surface area contributed by atoms with Gasteiger partial charge in [0.05, 0.1) is 115 Å². The second-order valence-corrected chi connectivity index (χ2v) is 74.4. The monoisotopic (exact) mass is 2170 g/mol. The highest BCUT2D eigenvalue weighted by molar-refractivity contribution is 7.98. The van der Waals surface area contributed by atoms with Crippen LogP contribution in [0.2, 0.25) is 134 Å². The van der Waals surface area contributed by atoms with Gasteiger partial charge in [0.25, 0.3) is 0 Å². The Bertz CT molecular complexity index is 3200. The van der Waals surface area contributed by atoms with Gasteiger partial charge in [-0.25, -0.2) is 0 Å². The molecule has 2 aliphatic heterocycles. The van der Waals surface area contributed by atoms with Crippen LogP contribution in [-0.2, 0) is 105 Å². The van der Waals surface area contributed by atoms with Crippen LogP contribution in [0.25, 0.3) is 0 Å². The van der Waals surface area contributed by atoms with Gasteiger partial charge in [-0.2, -0.15) is 23.5 Å². The van der Waals surface area contributed by atoms with Crippen molar-refractivity contribution in [1.29, 1.82) is 0 Å². The van der Waals surface area contributed by atoms with Crippen LogP contribution in [0.1, 0.15) is 113 Å². The number of likely N-dealkylation sites (tertiary alicyclic amines) is 2. The first-order valence-electron chi connectivity index (χ1n) is 52.1. The molecule has 3 aromatic carbocycles. The van der Waals surface area contributed by atoms with Crippen LogP contribution in [0.3, 0.4) is 0 Å². The van der Waals surface area contributed by atoms with E-state index in [1.165, 1.54) is 36.8 Å². The normalized spacial score (nSPS) is 15.9. The van der Waals surface area contributed by atoms with Crippen LogP contribution in [0.5, 0.6) is 0 Å². The Morgan fingerprint density at radius 1 is 0.315 bits per heavy atom. The van der Waals surface area contributed by atoms with E-state index in [4.69, 9.17) is 73.6 Å². The van der Waals surface area contributed by atoms with E-state index in [1.54, 1.807) is 85.7 Å². The van der Waals surface area contributed by atoms with Gasteiger partial charge < -0.3 is 115 Å². The molecule has 5 aromatic rings. The van der Waals surface area contributed by atoms with Crippen LogP contribution in [-0.4, -0.2) is 368 Å². The van der Waals surface area contributed by atoms with Crippen LogP contribution in [0.15, 0.2) is 140 Å². The first-order valence-corrected chi connectivity index (χ1v) is 76.3. The van der Waals surface area contributed by atoms with E-state index in [2.05, 4.69) is 155 Å². The quantitative estimate of drug-likeness (QED) is 0.0132. The number of hydrogen-bond acceptors (Lipinski definition) is 30. The van der Waals surface area contributed by atoms with Gasteiger partial charge in [-0.15, -0.1) is 0 Å². The zero-order valence-corrected chi connectivity index (χ0v) is 101. The average Bonchev–Trinajstić information content (AvgIpc) is 1.77. The molecule has 37 heteroatoms. The summed E-state index contributed by atoms with van der Waals surface area (Å²) in [6.07, 6.45) is 12.4. The summed E-state index contributed by atoms with van der Waals surface area (Å²) < 4.78 is 87.9. The van der Waals surface area contributed by atoms with Crippen molar-refractivity contribution in [3.05, 3.63) is 168 Å². The molecule has 2 aromatic heterocycles. The lowest BCUT2D eigenvalue weighted by atomic mass is 10.2. The lowest BCUT2D eigenvalue weighted by Gasteiger charge is -2.24. The highest BCUT2D eigenvalue weighted by Crippen LogP contribution is 2.23. The standard InChI is InChI=1S/C16H29NO3Si.C16H28O4Si.C16H28O3SSi.C15H27NO4Si.C15H27NO3SSi.2C14H31NO3Si/c1-19-21(2,3)11-7-10-20-14-16(18)13-17-12-15-8-5-4-6-9-15;1-18-21(2,3)11-7-10-19-13-16(17)14-20-12-15-8-5-4-6-9-15;1-18-21(2,3)11-7-10-19-12-16(17)14-20-13-15-8-5-4-6-9-15;1-18-21(2,3)10-6-9-19-12-15(17)13-20-11-14-7-4-5-8-16-14;1-18-21(2,3)10-6-9-19-11-15(17)13-20-12-14-7-4-5-8-16-14;2*1-13-7-5-8-15(13)11-14(16)12-18-9-6-10-19(3,4)17-2/h4-6,8-9,16-18H,7,10-14H2,1-3H3;2*4-6,8-9,16-17H,7,10-14H2,1-3H3;2*4-5,7-8,15,17H,6,9-13H2,1-3H3;2*13-14,16H,5-12H2,1-4H3/t;;;;;2*13-,14?/m.....10/s1. The number of pyridine rings is 2. The van der Waals surface area contributed by atoms with Gasteiger partial charge in [-0.05, 0) is 272 Å². The molecule has 7 unspecified atom stereocenters. The zero-order valence-electron chi connectivity index (χ0n) is 92.8. The molecule has 9 atom stereocenters. The highest BCUT2D eigenvalue weighted by Gasteiger charge is 2.29. The van der Waals surface area contributed by atoms with Crippen LogP contribution in [0, 0.1) is 0 Å². The molecule has 0 aliphatic carbocycles. The van der Waals surface area contributed by atoms with Crippen LogP contribution < -0.4 is 5.32 Å². The molecule has 2 fully saturated rings. The fourth-order valence-corrected chi connectivity index (χ4v) is 24.4. The Kier molecular flexibility index (Phi) is 81.7. The SMILES string of the molecule is CO[Si](C)(C)CCCOCC(O)CN1CCC[C@@H]1C.CO[Si](C)(C)CCCOCC(O)CN1CCC[C@H]1C.CO[Si](C)(C)CCCOCC(O)CNCc1ccccc1.CO[Si](C)(C)CCCOCC(O)COCc1ccccc1.CO[Si](C)(C)CCCOCC(O)COCc1ccccn1.CO[Si](C)(C)CCCOCC(O)CSCc1ccccc1.CO[Si](C)(C)CCCOCC(O)CSCc1ccccn1. The third-order valence-electron chi connectivity index (χ3n) is 24.8. The molecule has 0 bridgehead atoms. The summed E-state index contributed by atoms with van der Waals surface area (Å²) in [6, 6.07) is 50.8. The molecule has 0 spiro atoms. The number of thioether (sulfide) groups is 2. The van der Waals surface area contributed by atoms with Gasteiger partial charge in [-0.3, -0.25) is 19.8 Å². The van der Waals surface area contributed by atoms with Gasteiger partial charge in [-0.1, -0.05) is 103 Å². The maximum atomic E-state index is 9.95. The van der Waals surface area contributed by atoms with E-state index < -0.39 is 82.6 Å². The van der Waals surface area contributed by atoms with E-state index in [0.717, 1.165) is 162 Å². The zero-order chi connectivity index (χ0) is 106. The molecule has 28 nitrogen and oxygen atoms in total. The lowest BCUT2D eigenvalue weighted by molar-refractivity contribution is -0.0238. The number of aliphatic hydroxyl groups excluding tert-OH is 7. The Balaban J connectivity index is 0.000000834. The summed E-state index contributed by atoms with van der Waals surface area (Å²) in [5.74, 6) is 3.15. The van der Waals surface area contributed by atoms with Crippen LogP contribution in [0.4, 0.5) is 0 Å². The van der Waals surface area contributed by atoms with Crippen LogP contribution >= 0.6 is 23.5 Å². The molecular weight excluding hydrogens is 1970 g/mol. The van der Waals surface area contributed by atoms with Gasteiger partial charge in [0, 0.05) is 170 Å². The van der Waals surface area contributed by atoms with Crippen molar-refractivity contribution in [2.75, 3.05) is 200 Å². The Morgan fingerprint density at radius 3 is 0.895 bits per heavy atom. The second kappa shape index (κ2) is 84.6. The molecule has 0 amide bonds. The number of β-amino-alcohol motifs (C(OH)–C–C–N with tert-alkyl or cyclic N) is 2. The summed E-state index contributed by atoms with van der Waals surface area (Å²) >= 11 is 3.42. The predicted octanol–water partition coefficient (Wildman–Crippen LogP) is 18.1. The van der Waals surface area contributed by atoms with Crippen molar-refractivity contribution >= 4 is 81.7 Å². The summed E-state index contributed by atoms with van der Waals surface area (Å²) in [5.41, 5.74) is 5.52. The molecule has 0 saturated carbocycles. The van der Waals surface area contributed by atoms with Gasteiger partial charge in [0.1, 0.15) is 12.2 Å². The lowest BCUT2D eigenvalue weighted by Crippen LogP contribution is -2.37. The molecule has 2 aliphatic rings. The number of aliphatic hydroxyl groups is 7. The number of nitrogens with zero attached hydrogens (tertiary/aromatic N) is 4. The molecule has 7 rings (SSSR count). The minimum atomic E-state index is -1.49. The van der Waals surface area contributed by atoms with Gasteiger partial charge in [0.2, 0.25) is 0 Å². The molecule has 0 radical (unpaired) electrons. The van der Waals surface area contributed by atoms with Crippen molar-refractivity contribution in [3.8, 4) is 0 Å². The van der Waals surface area contributed by atoms with E-state index in [9.17, 15) is 35.7 Å². The molecule has 2 saturated heterocycles. The minimum Gasteiger partial charge on any atom is -0.420 e. The summed E-state index contributed by atoms with van der Waals surface area (Å²) in [6.45, 7) is 49.5. The maximum absolute atomic E-state index is 9.95. The second-order valence-electron chi connectivity index (χ2n) is 41.3. The van der Waals surface area contributed by atoms with E-state index in [1.807, 2.05) is 103 Å².